The summed E-state index contributed by atoms with van der Waals surface area (Å²) < 4.78 is 0.738. The highest BCUT2D eigenvalue weighted by molar-refractivity contribution is 5.85. The number of quaternary nitrogens is 1. The summed E-state index contributed by atoms with van der Waals surface area (Å²) in [7, 11) is 7.62. The van der Waals surface area contributed by atoms with Crippen molar-refractivity contribution < 1.29 is 15.0 Å². The Labute approximate surface area is 127 Å². The quantitative estimate of drug-likeness (QED) is 0.817. The summed E-state index contributed by atoms with van der Waals surface area (Å²) >= 11 is 0. The van der Waals surface area contributed by atoms with Gasteiger partial charge in [-0.15, -0.1) is 12.4 Å². The van der Waals surface area contributed by atoms with Crippen LogP contribution in [0.3, 0.4) is 0 Å². The monoisotopic (exact) mass is 304 g/mol. The smallest absolute Gasteiger partial charge is 0.139 e. The summed E-state index contributed by atoms with van der Waals surface area (Å²) in [6, 6.07) is 5.63. The van der Waals surface area contributed by atoms with Crippen LogP contribution in [0.25, 0.3) is 0 Å². The normalized spacial score (nSPS) is 10.2. The third kappa shape index (κ3) is 7.21. The third-order valence-electron chi connectivity index (χ3n) is 2.56. The molecule has 1 aromatic rings. The molecule has 1 rings (SSSR count). The molecular weight excluding hydrogens is 280 g/mol. The number of nitrogens with zero attached hydrogens (tertiary/aromatic N) is 1. The number of hydrogen-bond acceptors (Lipinski definition) is 3. The molecule has 0 saturated heterocycles. The molecule has 0 fully saturated rings. The van der Waals surface area contributed by atoms with E-state index in [1.165, 1.54) is 18.3 Å². The molecule has 0 heterocycles. The Morgan fingerprint density at radius 1 is 1.30 bits per heavy atom. The average molecular weight is 305 g/mol. The Morgan fingerprint density at radius 3 is 2.05 bits per heavy atom. The first-order valence-electron chi connectivity index (χ1n) is 6.13. The average Bonchev–Trinajstić information content (AvgIpc) is 2.28. The number of phenolic OH excluding ortho intramolecular Hbond substituents is 1. The molecule has 1 aromatic carbocycles. The van der Waals surface area contributed by atoms with Crippen LogP contribution in [0.5, 0.6) is 5.75 Å². The van der Waals surface area contributed by atoms with Crippen LogP contribution < -0.4 is 14.9 Å². The zero-order valence-electron chi connectivity index (χ0n) is 12.9. The first kappa shape index (κ1) is 20.8. The molecule has 0 aliphatic rings. The van der Waals surface area contributed by atoms with Crippen molar-refractivity contribution in [3.05, 3.63) is 23.8 Å². The fourth-order valence-electron chi connectivity index (χ4n) is 1.60. The maximum Gasteiger partial charge on any atom is 0.139 e. The first-order chi connectivity index (χ1) is 8.59. The lowest BCUT2D eigenvalue weighted by molar-refractivity contribution is -0.250. The fourth-order valence-corrected chi connectivity index (χ4v) is 1.60. The highest BCUT2D eigenvalue weighted by Crippen LogP contribution is 2.32. The van der Waals surface area contributed by atoms with Gasteiger partial charge in [0.2, 0.25) is 0 Å². The van der Waals surface area contributed by atoms with Crippen LogP contribution in [0.15, 0.2) is 18.2 Å². The van der Waals surface area contributed by atoms with E-state index in [4.69, 9.17) is 9.90 Å². The fraction of sp³-hybridized carbons (Fsp3) is 0.500. The number of hydrogen-bond donors (Lipinski definition) is 2. The van der Waals surface area contributed by atoms with Gasteiger partial charge in [0, 0.05) is 18.7 Å². The number of carbonyl (C=O) groups excluding carboxylic acids is 1. The lowest BCUT2D eigenvalue weighted by atomic mass is 9.99. The molecule has 0 aliphatic carbocycles. The Bertz CT molecular complexity index is 429. The number of rotatable bonds is 2. The highest BCUT2D eigenvalue weighted by atomic mass is 35.5. The maximum absolute atomic E-state index is 9.47. The molecule has 6 heteroatoms. The number of halogens is 1. The van der Waals surface area contributed by atoms with Gasteiger partial charge in [-0.1, -0.05) is 13.8 Å². The van der Waals surface area contributed by atoms with Crippen LogP contribution in [0.2, 0.25) is 0 Å². The minimum atomic E-state index is -1.25. The van der Waals surface area contributed by atoms with Crippen LogP contribution in [-0.2, 0) is 0 Å². The molecule has 0 radical (unpaired) electrons. The van der Waals surface area contributed by atoms with Crippen molar-refractivity contribution >= 4 is 24.2 Å². The zero-order valence-corrected chi connectivity index (χ0v) is 13.7. The number of aromatic hydroxyl groups is 1. The van der Waals surface area contributed by atoms with E-state index in [-0.39, 0.29) is 12.4 Å². The van der Waals surface area contributed by atoms with E-state index in [1.54, 1.807) is 6.07 Å². The van der Waals surface area contributed by atoms with Gasteiger partial charge < -0.3 is 20.3 Å². The van der Waals surface area contributed by atoms with Gasteiger partial charge in [0.1, 0.15) is 17.5 Å². The number of carbonyl (C=O) groups is 1. The molecule has 5 nitrogen and oxygen atoms in total. The van der Waals surface area contributed by atoms with E-state index in [9.17, 15) is 5.11 Å². The number of benzene rings is 1. The van der Waals surface area contributed by atoms with Crippen LogP contribution in [-0.4, -0.2) is 39.4 Å². The van der Waals surface area contributed by atoms with Gasteiger partial charge in [-0.3, -0.25) is 4.48 Å². The second-order valence-electron chi connectivity index (χ2n) is 5.45. The minimum Gasteiger partial charge on any atom is -0.530 e. The van der Waals surface area contributed by atoms with Gasteiger partial charge in [-0.05, 0) is 18.1 Å². The van der Waals surface area contributed by atoms with Crippen LogP contribution >= 0.6 is 12.4 Å². The highest BCUT2D eigenvalue weighted by Gasteiger charge is 2.19. The van der Waals surface area contributed by atoms with Crippen molar-refractivity contribution in [1.29, 1.82) is 0 Å². The molecule has 0 aliphatic heterocycles. The number of carboxylic acid groups (broad SMARTS) is 1. The van der Waals surface area contributed by atoms with Crippen LogP contribution in [0.4, 0.5) is 10.5 Å². The topological polar surface area (TPSA) is 72.4 Å². The first-order valence-corrected chi connectivity index (χ1v) is 6.13. The molecule has 116 valence electrons. The summed E-state index contributed by atoms with van der Waals surface area (Å²) in [6.07, 6.45) is -1.25. The molecule has 0 spiro atoms. The Hall–Kier alpha value is -1.46. The van der Waals surface area contributed by atoms with Crippen molar-refractivity contribution in [2.24, 2.45) is 0 Å². The molecule has 0 unspecified atom stereocenters. The van der Waals surface area contributed by atoms with E-state index in [1.807, 2.05) is 17.4 Å². The largest absolute Gasteiger partial charge is 0.530 e. The van der Waals surface area contributed by atoms with Crippen molar-refractivity contribution in [3.8, 4) is 5.75 Å². The lowest BCUT2D eigenvalue weighted by Crippen LogP contribution is -2.35. The van der Waals surface area contributed by atoms with Crippen LogP contribution in [0, 0.1) is 0 Å². The van der Waals surface area contributed by atoms with Gasteiger partial charge in [-0.2, -0.15) is 0 Å². The number of amides is 1. The summed E-state index contributed by atoms with van der Waals surface area (Å²) in [5.41, 5.74) is 2.48. The molecule has 0 saturated carbocycles. The summed E-state index contributed by atoms with van der Waals surface area (Å²) in [4.78, 5) is 9.15. The third-order valence-corrected chi connectivity index (χ3v) is 2.56. The predicted molar refractivity (Wildman–Crippen MR) is 83.5 cm³/mol. The molecule has 0 bridgehead atoms. The summed E-state index contributed by atoms with van der Waals surface area (Å²) in [5.74, 6) is 0.834. The molecular formula is C14H25ClN2O3. The SMILES string of the molecule is CC(C)c1ccc(O)cc1[N+](C)(C)C.CNC(=O)[O-].Cl. The van der Waals surface area contributed by atoms with Gasteiger partial charge in [0.25, 0.3) is 0 Å². The second-order valence-corrected chi connectivity index (χ2v) is 5.45. The van der Waals surface area contributed by atoms with Crippen molar-refractivity contribution in [2.45, 2.75) is 19.8 Å². The van der Waals surface area contributed by atoms with Crippen molar-refractivity contribution in [1.82, 2.24) is 9.80 Å². The van der Waals surface area contributed by atoms with E-state index in [0.717, 1.165) is 4.48 Å². The van der Waals surface area contributed by atoms with E-state index < -0.39 is 6.09 Å². The van der Waals surface area contributed by atoms with E-state index >= 15 is 0 Å². The summed E-state index contributed by atoms with van der Waals surface area (Å²) in [5, 5.41) is 20.5. The van der Waals surface area contributed by atoms with Gasteiger partial charge in [0.05, 0.1) is 21.1 Å². The van der Waals surface area contributed by atoms with Gasteiger partial charge in [-0.25, -0.2) is 0 Å². The number of nitrogens with one attached hydrogen (secondary N) is 1. The minimum absolute atomic E-state index is 0. The molecule has 1 amide bonds. The molecule has 0 atom stereocenters. The molecule has 2 N–H and O–H groups in total. The van der Waals surface area contributed by atoms with Crippen molar-refractivity contribution in [2.75, 3.05) is 28.2 Å². The standard InChI is InChI=1S/C12H19NO.C2H5NO2.ClH/c1-9(2)11-7-6-10(14)8-12(11)13(3,4)5;1-3-2(4)5;/h6-9H,1-5H3;3H,1H3,(H,4,5);1H. The Balaban J connectivity index is 0. The molecule has 20 heavy (non-hydrogen) atoms. The van der Waals surface area contributed by atoms with Crippen molar-refractivity contribution in [3.63, 3.8) is 0 Å². The Morgan fingerprint density at radius 2 is 1.75 bits per heavy atom. The predicted octanol–water partition coefficient (Wildman–Crippen LogP) is 1.68. The van der Waals surface area contributed by atoms with Gasteiger partial charge >= 0.3 is 0 Å². The maximum atomic E-state index is 9.47. The van der Waals surface area contributed by atoms with Gasteiger partial charge in [0.15, 0.2) is 0 Å². The van der Waals surface area contributed by atoms with E-state index in [0.29, 0.717) is 11.7 Å². The second kappa shape index (κ2) is 8.66. The zero-order chi connectivity index (χ0) is 15.2. The molecule has 0 aromatic heterocycles. The number of phenols is 1. The summed E-state index contributed by atoms with van der Waals surface area (Å²) in [6.45, 7) is 4.34. The van der Waals surface area contributed by atoms with E-state index in [2.05, 4.69) is 35.0 Å². The Kier molecular flexibility index (Phi) is 9.03. The van der Waals surface area contributed by atoms with Crippen LogP contribution in [0.1, 0.15) is 25.3 Å². The lowest BCUT2D eigenvalue weighted by Gasteiger charge is -2.27.